The van der Waals surface area contributed by atoms with E-state index >= 15 is 0 Å². The number of carbonyl (C=O) groups is 1. The minimum atomic E-state index is -0.0646. The molecule has 2 aromatic heterocycles. The Morgan fingerprint density at radius 2 is 2.26 bits per heavy atom. The number of H-pyrrole nitrogens is 1. The second-order valence-corrected chi connectivity index (χ2v) is 7.00. The van der Waals surface area contributed by atoms with Gasteiger partial charge in [0.05, 0.1) is 5.75 Å². The van der Waals surface area contributed by atoms with Crippen molar-refractivity contribution in [2.45, 2.75) is 18.5 Å². The van der Waals surface area contributed by atoms with Gasteiger partial charge in [-0.25, -0.2) is 4.98 Å². The molecule has 0 saturated carbocycles. The summed E-state index contributed by atoms with van der Waals surface area (Å²) < 4.78 is 0. The Morgan fingerprint density at radius 1 is 1.35 bits per heavy atom. The van der Waals surface area contributed by atoms with Crippen molar-refractivity contribution in [3.63, 3.8) is 0 Å². The summed E-state index contributed by atoms with van der Waals surface area (Å²) >= 11 is 3.01. The smallest absolute Gasteiger partial charge is 0.234 e. The summed E-state index contributed by atoms with van der Waals surface area (Å²) in [7, 11) is 0. The number of thioether (sulfide) groups is 1. The van der Waals surface area contributed by atoms with Crippen molar-refractivity contribution < 1.29 is 4.79 Å². The molecule has 2 N–H and O–H groups in total. The predicted octanol–water partition coefficient (Wildman–Crippen LogP) is 3.50. The van der Waals surface area contributed by atoms with Crippen LogP contribution < -0.4 is 5.32 Å². The van der Waals surface area contributed by atoms with Crippen LogP contribution in [0.25, 0.3) is 0 Å². The zero-order chi connectivity index (χ0) is 16.1. The maximum atomic E-state index is 12.0. The van der Waals surface area contributed by atoms with Crippen LogP contribution >= 0.6 is 23.1 Å². The van der Waals surface area contributed by atoms with Gasteiger partial charge in [-0.2, -0.15) is 0 Å². The maximum Gasteiger partial charge on any atom is 0.234 e. The van der Waals surface area contributed by atoms with Crippen LogP contribution in [0.15, 0.2) is 46.9 Å². The van der Waals surface area contributed by atoms with Crippen molar-refractivity contribution in [1.29, 1.82) is 0 Å². The van der Waals surface area contributed by atoms with Crippen molar-refractivity contribution in [3.8, 4) is 0 Å². The molecule has 3 aromatic rings. The van der Waals surface area contributed by atoms with Crippen LogP contribution in [0.3, 0.4) is 0 Å². The molecule has 0 bridgehead atoms. The standard InChI is InChI=1S/C16H16N4OS2/c1-11-4-2-5-12(8-11)17-15(21)10-23-16-18-14(19-20-16)9-13-6-3-7-22-13/h2-8H,9-10H2,1H3,(H,17,21)(H,18,19,20). The van der Waals surface area contributed by atoms with Crippen molar-refractivity contribution in [1.82, 2.24) is 15.2 Å². The minimum Gasteiger partial charge on any atom is -0.325 e. The molecule has 0 aliphatic rings. The van der Waals surface area contributed by atoms with Crippen LogP contribution in [-0.4, -0.2) is 26.8 Å². The first kappa shape index (κ1) is 15.8. The Kier molecular flexibility index (Phi) is 5.09. The highest BCUT2D eigenvalue weighted by Crippen LogP contribution is 2.17. The summed E-state index contributed by atoms with van der Waals surface area (Å²) in [6, 6.07) is 11.8. The second-order valence-electron chi connectivity index (χ2n) is 5.03. The number of aromatic amines is 1. The van der Waals surface area contributed by atoms with E-state index in [1.807, 2.05) is 42.6 Å². The molecule has 23 heavy (non-hydrogen) atoms. The third-order valence-corrected chi connectivity index (χ3v) is 4.79. The molecule has 118 valence electrons. The molecule has 0 fully saturated rings. The van der Waals surface area contributed by atoms with Crippen LogP contribution in [0.5, 0.6) is 0 Å². The summed E-state index contributed by atoms with van der Waals surface area (Å²) in [6.45, 7) is 1.99. The van der Waals surface area contributed by atoms with Gasteiger partial charge in [-0.05, 0) is 36.1 Å². The Hall–Kier alpha value is -2.12. The number of aromatic nitrogens is 3. The number of amides is 1. The molecule has 0 unspecified atom stereocenters. The second kappa shape index (κ2) is 7.43. The maximum absolute atomic E-state index is 12.0. The minimum absolute atomic E-state index is 0.0646. The molecule has 0 atom stereocenters. The normalized spacial score (nSPS) is 10.7. The van der Waals surface area contributed by atoms with Crippen LogP contribution in [-0.2, 0) is 11.2 Å². The van der Waals surface area contributed by atoms with Gasteiger partial charge in [0.25, 0.3) is 0 Å². The first-order valence-corrected chi connectivity index (χ1v) is 8.98. The lowest BCUT2D eigenvalue weighted by molar-refractivity contribution is -0.113. The van der Waals surface area contributed by atoms with Crippen molar-refractivity contribution in [2.75, 3.05) is 11.1 Å². The average molecular weight is 344 g/mol. The Balaban J connectivity index is 1.50. The molecule has 1 amide bonds. The van der Waals surface area contributed by atoms with Crippen molar-refractivity contribution in [3.05, 3.63) is 58.0 Å². The third-order valence-electron chi connectivity index (χ3n) is 3.07. The van der Waals surface area contributed by atoms with E-state index in [4.69, 9.17) is 0 Å². The van der Waals surface area contributed by atoms with Gasteiger partial charge in [-0.1, -0.05) is 30.0 Å². The number of rotatable bonds is 6. The van der Waals surface area contributed by atoms with E-state index in [0.29, 0.717) is 5.16 Å². The number of thiophene rings is 1. The fourth-order valence-electron chi connectivity index (χ4n) is 2.05. The SMILES string of the molecule is Cc1cccc(NC(=O)CSc2n[nH]c(Cc3cccs3)n2)c1. The largest absolute Gasteiger partial charge is 0.325 e. The topological polar surface area (TPSA) is 70.7 Å². The molecule has 0 radical (unpaired) electrons. The van der Waals surface area contributed by atoms with E-state index in [2.05, 4.69) is 26.6 Å². The van der Waals surface area contributed by atoms with E-state index in [1.165, 1.54) is 16.6 Å². The molecule has 3 rings (SSSR count). The van der Waals surface area contributed by atoms with Gasteiger partial charge in [0, 0.05) is 17.0 Å². The molecular formula is C16H16N4OS2. The molecular weight excluding hydrogens is 328 g/mol. The fourth-order valence-corrected chi connectivity index (χ4v) is 3.38. The summed E-state index contributed by atoms with van der Waals surface area (Å²) in [5.74, 6) is 1.03. The number of nitrogens with one attached hydrogen (secondary N) is 2. The highest BCUT2D eigenvalue weighted by Gasteiger charge is 2.09. The zero-order valence-corrected chi connectivity index (χ0v) is 14.2. The van der Waals surface area contributed by atoms with Gasteiger partial charge in [-0.15, -0.1) is 16.4 Å². The van der Waals surface area contributed by atoms with E-state index in [0.717, 1.165) is 23.5 Å². The molecule has 2 heterocycles. The number of carbonyl (C=O) groups excluding carboxylic acids is 1. The van der Waals surface area contributed by atoms with Crippen LogP contribution in [0.1, 0.15) is 16.3 Å². The average Bonchev–Trinajstić information content (AvgIpc) is 3.18. The van der Waals surface area contributed by atoms with Crippen molar-refractivity contribution >= 4 is 34.7 Å². The zero-order valence-electron chi connectivity index (χ0n) is 12.6. The van der Waals surface area contributed by atoms with Crippen molar-refractivity contribution in [2.24, 2.45) is 0 Å². The summed E-state index contributed by atoms with van der Waals surface area (Å²) in [5, 5.41) is 12.6. The molecule has 0 aliphatic carbocycles. The number of anilines is 1. The van der Waals surface area contributed by atoms with Crippen LogP contribution in [0.2, 0.25) is 0 Å². The Labute approximate surface area is 142 Å². The molecule has 5 nitrogen and oxygen atoms in total. The van der Waals surface area contributed by atoms with Gasteiger partial charge in [-0.3, -0.25) is 9.89 Å². The lowest BCUT2D eigenvalue weighted by Crippen LogP contribution is -2.14. The number of hydrogen-bond acceptors (Lipinski definition) is 5. The fraction of sp³-hybridized carbons (Fsp3) is 0.188. The third kappa shape index (κ3) is 4.67. The molecule has 1 aromatic carbocycles. The lowest BCUT2D eigenvalue weighted by Gasteiger charge is -2.04. The first-order chi connectivity index (χ1) is 11.2. The van der Waals surface area contributed by atoms with Gasteiger partial charge < -0.3 is 5.32 Å². The number of nitrogens with zero attached hydrogens (tertiary/aromatic N) is 2. The Morgan fingerprint density at radius 3 is 3.04 bits per heavy atom. The highest BCUT2D eigenvalue weighted by atomic mass is 32.2. The van der Waals surface area contributed by atoms with E-state index in [9.17, 15) is 4.79 Å². The monoisotopic (exact) mass is 344 g/mol. The highest BCUT2D eigenvalue weighted by molar-refractivity contribution is 7.99. The lowest BCUT2D eigenvalue weighted by atomic mass is 10.2. The first-order valence-electron chi connectivity index (χ1n) is 7.12. The molecule has 0 spiro atoms. The van der Waals surface area contributed by atoms with Gasteiger partial charge in [0.1, 0.15) is 5.82 Å². The summed E-state index contributed by atoms with van der Waals surface area (Å²) in [6.07, 6.45) is 0.737. The summed E-state index contributed by atoms with van der Waals surface area (Å²) in [5.41, 5.74) is 1.92. The van der Waals surface area contributed by atoms with Crippen LogP contribution in [0.4, 0.5) is 5.69 Å². The van der Waals surface area contributed by atoms with E-state index in [-0.39, 0.29) is 11.7 Å². The van der Waals surface area contributed by atoms with Gasteiger partial charge in [0.15, 0.2) is 0 Å². The molecule has 0 aliphatic heterocycles. The summed E-state index contributed by atoms with van der Waals surface area (Å²) in [4.78, 5) is 17.6. The molecule has 7 heteroatoms. The van der Waals surface area contributed by atoms with Crippen LogP contribution in [0, 0.1) is 6.92 Å². The number of benzene rings is 1. The number of hydrogen-bond donors (Lipinski definition) is 2. The van der Waals surface area contributed by atoms with E-state index < -0.39 is 0 Å². The van der Waals surface area contributed by atoms with E-state index in [1.54, 1.807) is 11.3 Å². The molecule has 0 saturated heterocycles. The quantitative estimate of drug-likeness (QED) is 0.672. The Bertz CT molecular complexity index is 783. The van der Waals surface area contributed by atoms with Gasteiger partial charge >= 0.3 is 0 Å². The number of aryl methyl sites for hydroxylation is 1. The van der Waals surface area contributed by atoms with Gasteiger partial charge in [0.2, 0.25) is 11.1 Å². The predicted molar refractivity (Wildman–Crippen MR) is 94.0 cm³/mol.